The fourth-order valence-electron chi connectivity index (χ4n) is 4.06. The zero-order valence-corrected chi connectivity index (χ0v) is 25.3. The van der Waals surface area contributed by atoms with Gasteiger partial charge in [0.15, 0.2) is 0 Å². The third kappa shape index (κ3) is 7.60. The molecule has 0 saturated carbocycles. The molecular formula is C28H30Cl3N3O5S. The fourth-order valence-corrected chi connectivity index (χ4v) is 6.06. The van der Waals surface area contributed by atoms with Gasteiger partial charge in [-0.2, -0.15) is 0 Å². The van der Waals surface area contributed by atoms with Gasteiger partial charge < -0.3 is 15.0 Å². The number of sulfonamides is 1. The number of hydrogen-bond acceptors (Lipinski definition) is 5. The molecule has 2 amide bonds. The van der Waals surface area contributed by atoms with E-state index >= 15 is 0 Å². The van der Waals surface area contributed by atoms with Crippen LogP contribution in [0.25, 0.3) is 0 Å². The van der Waals surface area contributed by atoms with Crippen molar-refractivity contribution in [2.75, 3.05) is 24.5 Å². The summed E-state index contributed by atoms with van der Waals surface area (Å²) in [6.07, 6.45) is 0.287. The normalized spacial score (nSPS) is 11.9. The molecule has 0 spiro atoms. The molecule has 0 radical (unpaired) electrons. The number of carbonyl (C=O) groups is 2. The van der Waals surface area contributed by atoms with Gasteiger partial charge in [-0.3, -0.25) is 13.9 Å². The minimum Gasteiger partial charge on any atom is -0.497 e. The Morgan fingerprint density at radius 2 is 1.55 bits per heavy atom. The Morgan fingerprint density at radius 1 is 0.925 bits per heavy atom. The van der Waals surface area contributed by atoms with Crippen LogP contribution < -0.4 is 14.4 Å². The van der Waals surface area contributed by atoms with E-state index in [1.165, 1.54) is 60.5 Å². The van der Waals surface area contributed by atoms with E-state index in [1.807, 2.05) is 0 Å². The molecule has 8 nitrogen and oxygen atoms in total. The van der Waals surface area contributed by atoms with Crippen molar-refractivity contribution in [2.45, 2.75) is 37.8 Å². The third-order valence-electron chi connectivity index (χ3n) is 6.13. The van der Waals surface area contributed by atoms with Crippen molar-refractivity contribution in [2.24, 2.45) is 0 Å². The molecule has 3 rings (SSSR count). The highest BCUT2D eigenvalue weighted by Gasteiger charge is 2.34. The molecule has 214 valence electrons. The van der Waals surface area contributed by atoms with E-state index in [4.69, 9.17) is 39.5 Å². The molecule has 3 aromatic carbocycles. The second kappa shape index (κ2) is 14.1. The number of ether oxygens (including phenoxy) is 1. The minimum absolute atomic E-state index is 0.0402. The summed E-state index contributed by atoms with van der Waals surface area (Å²) < 4.78 is 33.9. The minimum atomic E-state index is -4.23. The molecule has 0 aromatic heterocycles. The number of rotatable bonds is 12. The van der Waals surface area contributed by atoms with Crippen LogP contribution in [0.4, 0.5) is 5.69 Å². The largest absolute Gasteiger partial charge is 0.497 e. The van der Waals surface area contributed by atoms with Gasteiger partial charge in [-0.25, -0.2) is 8.42 Å². The number of methoxy groups -OCH3 is 1. The first-order valence-corrected chi connectivity index (χ1v) is 15.0. The van der Waals surface area contributed by atoms with Crippen LogP contribution in [0.3, 0.4) is 0 Å². The molecular weight excluding hydrogens is 597 g/mol. The van der Waals surface area contributed by atoms with Crippen LogP contribution in [0, 0.1) is 0 Å². The van der Waals surface area contributed by atoms with Crippen LogP contribution in [-0.4, -0.2) is 51.4 Å². The molecule has 0 aliphatic carbocycles. The zero-order valence-electron chi connectivity index (χ0n) is 22.2. The van der Waals surface area contributed by atoms with E-state index in [1.54, 1.807) is 32.0 Å². The van der Waals surface area contributed by atoms with E-state index in [0.717, 1.165) is 4.31 Å². The number of amides is 2. The summed E-state index contributed by atoms with van der Waals surface area (Å²) >= 11 is 18.5. The monoisotopic (exact) mass is 625 g/mol. The maximum absolute atomic E-state index is 14.0. The smallest absolute Gasteiger partial charge is 0.264 e. The molecule has 12 heteroatoms. The second-order valence-corrected chi connectivity index (χ2v) is 11.9. The Labute approximate surface area is 249 Å². The molecule has 0 saturated heterocycles. The molecule has 0 aliphatic heterocycles. The summed E-state index contributed by atoms with van der Waals surface area (Å²) in [7, 11) is -2.75. The molecule has 0 aliphatic rings. The van der Waals surface area contributed by atoms with Gasteiger partial charge in [-0.05, 0) is 79.6 Å². The fraction of sp³-hybridized carbons (Fsp3) is 0.286. The number of hydrogen-bond donors (Lipinski definition) is 1. The highest BCUT2D eigenvalue weighted by atomic mass is 35.5. The van der Waals surface area contributed by atoms with Gasteiger partial charge >= 0.3 is 0 Å². The molecule has 1 atom stereocenters. The Bertz CT molecular complexity index is 1430. The van der Waals surface area contributed by atoms with Gasteiger partial charge in [0.2, 0.25) is 11.8 Å². The van der Waals surface area contributed by atoms with Crippen LogP contribution in [0.15, 0.2) is 71.6 Å². The molecule has 1 N–H and O–H groups in total. The van der Waals surface area contributed by atoms with Gasteiger partial charge in [0, 0.05) is 28.2 Å². The van der Waals surface area contributed by atoms with E-state index in [0.29, 0.717) is 32.9 Å². The SMILES string of the molecule is CCNC(=O)C(CC)N(Cc1ccc(Cl)cc1Cl)C(=O)CN(c1ccc(Cl)cc1)S(=O)(=O)c1ccc(OC)cc1. The Kier molecular flexibility index (Phi) is 11.1. The number of nitrogens with zero attached hydrogens (tertiary/aromatic N) is 2. The van der Waals surface area contributed by atoms with Gasteiger partial charge in [-0.15, -0.1) is 0 Å². The van der Waals surface area contributed by atoms with Crippen molar-refractivity contribution in [3.05, 3.63) is 87.4 Å². The summed E-state index contributed by atoms with van der Waals surface area (Å²) in [5.41, 5.74) is 0.780. The van der Waals surface area contributed by atoms with Crippen LogP contribution in [0.1, 0.15) is 25.8 Å². The predicted octanol–water partition coefficient (Wildman–Crippen LogP) is 5.79. The number of halogens is 3. The lowest BCUT2D eigenvalue weighted by atomic mass is 10.1. The summed E-state index contributed by atoms with van der Waals surface area (Å²) in [5.74, 6) is -0.484. The molecule has 0 fully saturated rings. The standard InChI is InChI=1S/C28H30Cl3N3O5S/c1-4-26(28(36)32-5-2)33(17-19-6-7-21(30)16-25(19)31)27(35)18-34(22-10-8-20(29)9-11-22)40(37,38)24-14-12-23(39-3)13-15-24/h6-16,26H,4-5,17-18H2,1-3H3,(H,32,36). The van der Waals surface area contributed by atoms with Crippen molar-refractivity contribution in [1.29, 1.82) is 0 Å². The lowest BCUT2D eigenvalue weighted by Crippen LogP contribution is -2.52. The Hall–Kier alpha value is -2.98. The lowest BCUT2D eigenvalue weighted by Gasteiger charge is -2.33. The van der Waals surface area contributed by atoms with Crippen LogP contribution in [-0.2, 0) is 26.2 Å². The average Bonchev–Trinajstić information content (AvgIpc) is 2.93. The summed E-state index contributed by atoms with van der Waals surface area (Å²) in [4.78, 5) is 28.3. The third-order valence-corrected chi connectivity index (χ3v) is 8.76. The Balaban J connectivity index is 2.07. The van der Waals surface area contributed by atoms with E-state index in [-0.39, 0.29) is 29.5 Å². The lowest BCUT2D eigenvalue weighted by molar-refractivity contribution is -0.140. The first-order valence-electron chi connectivity index (χ1n) is 12.4. The maximum Gasteiger partial charge on any atom is 0.264 e. The number of nitrogens with one attached hydrogen (secondary N) is 1. The Morgan fingerprint density at radius 3 is 2.10 bits per heavy atom. The number of benzene rings is 3. The zero-order chi connectivity index (χ0) is 29.4. The van der Waals surface area contributed by atoms with Crippen molar-refractivity contribution in [3.63, 3.8) is 0 Å². The number of carbonyl (C=O) groups excluding carboxylic acids is 2. The molecule has 40 heavy (non-hydrogen) atoms. The van der Waals surface area contributed by atoms with Crippen LogP contribution >= 0.6 is 34.8 Å². The van der Waals surface area contributed by atoms with Gasteiger partial charge in [-0.1, -0.05) is 47.8 Å². The summed E-state index contributed by atoms with van der Waals surface area (Å²) in [6, 6.07) is 15.9. The van der Waals surface area contributed by atoms with Gasteiger partial charge in [0.05, 0.1) is 17.7 Å². The highest BCUT2D eigenvalue weighted by Crippen LogP contribution is 2.28. The maximum atomic E-state index is 14.0. The molecule has 1 unspecified atom stereocenters. The first kappa shape index (κ1) is 31.5. The van der Waals surface area contributed by atoms with Crippen molar-refractivity contribution < 1.29 is 22.7 Å². The van der Waals surface area contributed by atoms with E-state index in [9.17, 15) is 18.0 Å². The molecule has 0 heterocycles. The molecule has 3 aromatic rings. The van der Waals surface area contributed by atoms with Crippen LogP contribution in [0.5, 0.6) is 5.75 Å². The van der Waals surface area contributed by atoms with E-state index in [2.05, 4.69) is 5.32 Å². The van der Waals surface area contributed by atoms with Crippen LogP contribution in [0.2, 0.25) is 15.1 Å². The van der Waals surface area contributed by atoms with Gasteiger partial charge in [0.1, 0.15) is 18.3 Å². The summed E-state index contributed by atoms with van der Waals surface area (Å²) in [6.45, 7) is 3.28. The van der Waals surface area contributed by atoms with Crippen molar-refractivity contribution >= 4 is 62.3 Å². The second-order valence-electron chi connectivity index (χ2n) is 8.74. The average molecular weight is 627 g/mol. The number of anilines is 1. The van der Waals surface area contributed by atoms with Gasteiger partial charge in [0.25, 0.3) is 10.0 Å². The van der Waals surface area contributed by atoms with Crippen molar-refractivity contribution in [1.82, 2.24) is 10.2 Å². The van der Waals surface area contributed by atoms with Crippen molar-refractivity contribution in [3.8, 4) is 5.75 Å². The van der Waals surface area contributed by atoms with E-state index < -0.39 is 28.5 Å². The highest BCUT2D eigenvalue weighted by molar-refractivity contribution is 7.92. The first-order chi connectivity index (χ1) is 19.0. The molecule has 0 bridgehead atoms. The number of likely N-dealkylation sites (N-methyl/N-ethyl adjacent to an activating group) is 1. The topological polar surface area (TPSA) is 96.0 Å². The quantitative estimate of drug-likeness (QED) is 0.274. The summed E-state index contributed by atoms with van der Waals surface area (Å²) in [5, 5.41) is 3.89. The predicted molar refractivity (Wildman–Crippen MR) is 159 cm³/mol.